The number of methoxy groups -OCH3 is 1. The maximum atomic E-state index is 12.7. The SMILES string of the molecule is COc1cc(C(=O)NCc2cccc(NC(=O)C3CCCC3)c2)ccc1OCC(=O)NC(C)C. The molecule has 0 saturated heterocycles. The smallest absolute Gasteiger partial charge is 0.258 e. The van der Waals surface area contributed by atoms with E-state index < -0.39 is 0 Å². The van der Waals surface area contributed by atoms with Crippen LogP contribution in [-0.2, 0) is 16.1 Å². The van der Waals surface area contributed by atoms with Crippen molar-refractivity contribution < 1.29 is 23.9 Å². The molecule has 3 amide bonds. The average molecular weight is 468 g/mol. The fraction of sp³-hybridized carbons (Fsp3) is 0.423. The zero-order valence-electron chi connectivity index (χ0n) is 20.0. The normalized spacial score (nSPS) is 13.4. The molecule has 0 heterocycles. The predicted octanol–water partition coefficient (Wildman–Crippen LogP) is 3.66. The molecule has 2 aromatic carbocycles. The lowest BCUT2D eigenvalue weighted by Crippen LogP contribution is -2.34. The van der Waals surface area contributed by atoms with Crippen LogP contribution in [0.1, 0.15) is 55.5 Å². The second-order valence-corrected chi connectivity index (χ2v) is 8.73. The van der Waals surface area contributed by atoms with E-state index in [-0.39, 0.29) is 36.3 Å². The highest BCUT2D eigenvalue weighted by atomic mass is 16.5. The molecule has 1 saturated carbocycles. The molecular formula is C26H33N3O5. The molecule has 0 aromatic heterocycles. The van der Waals surface area contributed by atoms with Crippen LogP contribution in [0.5, 0.6) is 11.5 Å². The Morgan fingerprint density at radius 2 is 1.79 bits per heavy atom. The summed E-state index contributed by atoms with van der Waals surface area (Å²) in [6.45, 7) is 3.90. The summed E-state index contributed by atoms with van der Waals surface area (Å²) in [5, 5.41) is 8.61. The van der Waals surface area contributed by atoms with Crippen LogP contribution in [0.15, 0.2) is 42.5 Å². The van der Waals surface area contributed by atoms with E-state index in [0.29, 0.717) is 23.6 Å². The summed E-state index contributed by atoms with van der Waals surface area (Å²) in [5.74, 6) is 0.387. The molecule has 3 N–H and O–H groups in total. The predicted molar refractivity (Wildman–Crippen MR) is 130 cm³/mol. The van der Waals surface area contributed by atoms with E-state index in [1.165, 1.54) is 7.11 Å². The van der Waals surface area contributed by atoms with Crippen LogP contribution in [0.4, 0.5) is 5.69 Å². The van der Waals surface area contributed by atoms with Crippen molar-refractivity contribution in [1.29, 1.82) is 0 Å². The van der Waals surface area contributed by atoms with Crippen molar-refractivity contribution >= 4 is 23.4 Å². The topological polar surface area (TPSA) is 106 Å². The summed E-state index contributed by atoms with van der Waals surface area (Å²) in [5.41, 5.74) is 2.01. The minimum Gasteiger partial charge on any atom is -0.493 e. The molecule has 1 aliphatic carbocycles. The zero-order chi connectivity index (χ0) is 24.5. The van der Waals surface area contributed by atoms with Crippen molar-refractivity contribution in [3.63, 3.8) is 0 Å². The lowest BCUT2D eigenvalue weighted by Gasteiger charge is -2.14. The quantitative estimate of drug-likeness (QED) is 0.495. The van der Waals surface area contributed by atoms with E-state index in [0.717, 1.165) is 36.9 Å². The molecule has 0 radical (unpaired) electrons. The lowest BCUT2D eigenvalue weighted by molar-refractivity contribution is -0.123. The second kappa shape index (κ2) is 12.1. The Labute approximate surface area is 200 Å². The van der Waals surface area contributed by atoms with Gasteiger partial charge in [-0.25, -0.2) is 0 Å². The summed E-state index contributed by atoms with van der Waals surface area (Å²) in [6, 6.07) is 12.3. The molecule has 0 atom stereocenters. The fourth-order valence-electron chi connectivity index (χ4n) is 3.91. The first-order valence-electron chi connectivity index (χ1n) is 11.6. The number of carbonyl (C=O) groups excluding carboxylic acids is 3. The van der Waals surface area contributed by atoms with Gasteiger partial charge in [-0.3, -0.25) is 14.4 Å². The second-order valence-electron chi connectivity index (χ2n) is 8.73. The van der Waals surface area contributed by atoms with Gasteiger partial charge in [0.25, 0.3) is 11.8 Å². The molecule has 182 valence electrons. The fourth-order valence-corrected chi connectivity index (χ4v) is 3.91. The van der Waals surface area contributed by atoms with Crippen LogP contribution in [0.25, 0.3) is 0 Å². The van der Waals surface area contributed by atoms with Crippen molar-refractivity contribution in [3.05, 3.63) is 53.6 Å². The van der Waals surface area contributed by atoms with E-state index in [4.69, 9.17) is 9.47 Å². The third-order valence-corrected chi connectivity index (χ3v) is 5.61. The minimum atomic E-state index is -0.275. The first-order chi connectivity index (χ1) is 16.4. The highest BCUT2D eigenvalue weighted by molar-refractivity contribution is 5.95. The monoisotopic (exact) mass is 467 g/mol. The number of rotatable bonds is 10. The van der Waals surface area contributed by atoms with Gasteiger partial charge < -0.3 is 25.4 Å². The van der Waals surface area contributed by atoms with Gasteiger partial charge in [0, 0.05) is 29.8 Å². The van der Waals surface area contributed by atoms with Gasteiger partial charge in [-0.15, -0.1) is 0 Å². The van der Waals surface area contributed by atoms with Crippen molar-refractivity contribution in [3.8, 4) is 11.5 Å². The minimum absolute atomic E-state index is 0.0216. The van der Waals surface area contributed by atoms with Crippen molar-refractivity contribution in [1.82, 2.24) is 10.6 Å². The molecule has 8 nitrogen and oxygen atoms in total. The Hall–Kier alpha value is -3.55. The average Bonchev–Trinajstić information content (AvgIpc) is 3.36. The third kappa shape index (κ3) is 7.23. The molecule has 34 heavy (non-hydrogen) atoms. The Morgan fingerprint density at radius 1 is 1.03 bits per heavy atom. The number of benzene rings is 2. The van der Waals surface area contributed by atoms with Crippen LogP contribution >= 0.6 is 0 Å². The number of carbonyl (C=O) groups is 3. The zero-order valence-corrected chi connectivity index (χ0v) is 20.0. The van der Waals surface area contributed by atoms with Gasteiger partial charge in [0.2, 0.25) is 5.91 Å². The molecule has 0 spiro atoms. The Morgan fingerprint density at radius 3 is 2.50 bits per heavy atom. The molecule has 0 bridgehead atoms. The van der Waals surface area contributed by atoms with E-state index >= 15 is 0 Å². The Bertz CT molecular complexity index is 1020. The van der Waals surface area contributed by atoms with Gasteiger partial charge in [0.15, 0.2) is 18.1 Å². The summed E-state index contributed by atoms with van der Waals surface area (Å²) in [7, 11) is 1.48. The van der Waals surface area contributed by atoms with Crippen molar-refractivity contribution in [2.24, 2.45) is 5.92 Å². The molecule has 1 aliphatic rings. The maximum absolute atomic E-state index is 12.7. The molecule has 1 fully saturated rings. The highest BCUT2D eigenvalue weighted by Crippen LogP contribution is 2.28. The van der Waals surface area contributed by atoms with Crippen LogP contribution in [0, 0.1) is 5.92 Å². The maximum Gasteiger partial charge on any atom is 0.258 e. The van der Waals surface area contributed by atoms with E-state index in [1.54, 1.807) is 18.2 Å². The molecule has 0 unspecified atom stereocenters. The first kappa shape index (κ1) is 25.1. The number of amides is 3. The van der Waals surface area contributed by atoms with Crippen LogP contribution in [0.2, 0.25) is 0 Å². The van der Waals surface area contributed by atoms with E-state index in [2.05, 4.69) is 16.0 Å². The summed E-state index contributed by atoms with van der Waals surface area (Å²) in [4.78, 5) is 36.9. The molecule has 2 aromatic rings. The molecule has 3 rings (SSSR count). The Kier molecular flexibility index (Phi) is 8.90. The molecule has 0 aliphatic heterocycles. The first-order valence-corrected chi connectivity index (χ1v) is 11.6. The lowest BCUT2D eigenvalue weighted by atomic mass is 10.1. The highest BCUT2D eigenvalue weighted by Gasteiger charge is 2.22. The van der Waals surface area contributed by atoms with Crippen molar-refractivity contribution in [2.75, 3.05) is 19.0 Å². The third-order valence-electron chi connectivity index (χ3n) is 5.61. The number of ether oxygens (including phenoxy) is 2. The Balaban J connectivity index is 1.56. The van der Waals surface area contributed by atoms with Gasteiger partial charge >= 0.3 is 0 Å². The number of hydrogen-bond donors (Lipinski definition) is 3. The molecule has 8 heteroatoms. The van der Waals surface area contributed by atoms with Crippen LogP contribution in [-0.4, -0.2) is 37.5 Å². The number of hydrogen-bond acceptors (Lipinski definition) is 5. The summed E-state index contributed by atoms with van der Waals surface area (Å²) < 4.78 is 10.9. The van der Waals surface area contributed by atoms with Gasteiger partial charge in [-0.1, -0.05) is 25.0 Å². The van der Waals surface area contributed by atoms with Gasteiger partial charge in [0.1, 0.15) is 0 Å². The standard InChI is InChI=1S/C26H33N3O5/c1-17(2)28-24(30)16-34-22-12-11-20(14-23(22)33-3)25(31)27-15-18-7-6-10-21(13-18)29-26(32)19-8-4-5-9-19/h6-7,10-14,17,19H,4-5,8-9,15-16H2,1-3H3,(H,27,31)(H,28,30)(H,29,32). The van der Waals surface area contributed by atoms with E-state index in [9.17, 15) is 14.4 Å². The van der Waals surface area contributed by atoms with Gasteiger partial charge in [0.05, 0.1) is 7.11 Å². The van der Waals surface area contributed by atoms with Gasteiger partial charge in [-0.2, -0.15) is 0 Å². The van der Waals surface area contributed by atoms with Crippen molar-refractivity contribution in [2.45, 2.75) is 52.1 Å². The van der Waals surface area contributed by atoms with Crippen LogP contribution < -0.4 is 25.4 Å². The summed E-state index contributed by atoms with van der Waals surface area (Å²) in [6.07, 6.45) is 4.10. The number of nitrogens with one attached hydrogen (secondary N) is 3. The van der Waals surface area contributed by atoms with Gasteiger partial charge in [-0.05, 0) is 62.6 Å². The molecular weight excluding hydrogens is 434 g/mol. The van der Waals surface area contributed by atoms with Crippen LogP contribution in [0.3, 0.4) is 0 Å². The van der Waals surface area contributed by atoms with E-state index in [1.807, 2.05) is 38.1 Å². The summed E-state index contributed by atoms with van der Waals surface area (Å²) >= 11 is 0. The number of anilines is 1. The largest absolute Gasteiger partial charge is 0.493 e.